The topological polar surface area (TPSA) is 55.9 Å². The average Bonchev–Trinajstić information content (AvgIpc) is 2.82. The molecule has 3 N–H and O–H groups in total. The summed E-state index contributed by atoms with van der Waals surface area (Å²) < 4.78 is 4.09. The molecular weight excluding hydrogens is 416 g/mol. The maximum Gasteiger partial charge on any atom is 0.0734 e. The number of nitrogens with one attached hydrogen (secondary N) is 1. The average molecular weight is 434 g/mol. The highest BCUT2D eigenvalue weighted by atomic mass is 79.9. The minimum Gasteiger partial charge on any atom is -0.271 e. The molecule has 1 atom stereocenters. The lowest BCUT2D eigenvalue weighted by atomic mass is 10.2. The van der Waals surface area contributed by atoms with E-state index in [0.717, 1.165) is 33.4 Å². The third kappa shape index (κ3) is 4.56. The van der Waals surface area contributed by atoms with Crippen LogP contribution in [0.5, 0.6) is 0 Å². The first-order valence-electron chi connectivity index (χ1n) is 6.71. The van der Waals surface area contributed by atoms with Gasteiger partial charge in [0, 0.05) is 21.7 Å². The van der Waals surface area contributed by atoms with Crippen molar-refractivity contribution in [1.29, 1.82) is 0 Å². The van der Waals surface area contributed by atoms with Gasteiger partial charge in [0.2, 0.25) is 0 Å². The minimum atomic E-state index is 0.0393. The lowest BCUT2D eigenvalue weighted by molar-refractivity contribution is 0.507. The zero-order valence-corrected chi connectivity index (χ0v) is 15.7. The number of thioether (sulfide) groups is 1. The third-order valence-corrected chi connectivity index (χ3v) is 5.20. The molecule has 7 heteroatoms. The lowest BCUT2D eigenvalue weighted by Crippen LogP contribution is -2.31. The predicted octanol–water partition coefficient (Wildman–Crippen LogP) is 4.11. The van der Waals surface area contributed by atoms with E-state index in [1.165, 1.54) is 4.90 Å². The molecule has 114 valence electrons. The molecule has 1 unspecified atom stereocenters. The monoisotopic (exact) mass is 432 g/mol. The highest BCUT2D eigenvalue weighted by Crippen LogP contribution is 2.29. The first kappa shape index (κ1) is 17.0. The quantitative estimate of drug-likeness (QED) is 0.391. The summed E-state index contributed by atoms with van der Waals surface area (Å²) in [5.41, 5.74) is 4.00. The van der Waals surface area contributed by atoms with E-state index in [1.54, 1.807) is 11.8 Å². The number of aryl methyl sites for hydroxylation is 1. The number of rotatable bonds is 7. The van der Waals surface area contributed by atoms with Crippen molar-refractivity contribution in [1.82, 2.24) is 15.2 Å². The van der Waals surface area contributed by atoms with Gasteiger partial charge in [0.25, 0.3) is 0 Å². The maximum absolute atomic E-state index is 5.76. The molecule has 0 bridgehead atoms. The zero-order chi connectivity index (χ0) is 15.2. The second-order valence-corrected chi connectivity index (χ2v) is 7.45. The SMILES string of the molecule is CCCn1ncc(Br)c1C(CSc1cccc(Br)c1)NN. The minimum absolute atomic E-state index is 0.0393. The number of hydrogen-bond donors (Lipinski definition) is 2. The standard InChI is InChI=1S/C14H18Br2N4S/c1-2-6-20-14(12(16)8-18-20)13(19-17)9-21-11-5-3-4-10(15)7-11/h3-5,7-8,13,19H,2,6,9,17H2,1H3. The van der Waals surface area contributed by atoms with Crippen molar-refractivity contribution in [2.24, 2.45) is 5.84 Å². The van der Waals surface area contributed by atoms with Gasteiger partial charge in [-0.25, -0.2) is 0 Å². The Hall–Kier alpha value is -0.340. The van der Waals surface area contributed by atoms with E-state index in [9.17, 15) is 0 Å². The van der Waals surface area contributed by atoms with Gasteiger partial charge < -0.3 is 0 Å². The van der Waals surface area contributed by atoms with Gasteiger partial charge >= 0.3 is 0 Å². The molecule has 4 nitrogen and oxygen atoms in total. The summed E-state index contributed by atoms with van der Waals surface area (Å²) in [4.78, 5) is 1.21. The van der Waals surface area contributed by atoms with Crippen LogP contribution in [0.1, 0.15) is 25.1 Å². The molecule has 2 rings (SSSR count). The van der Waals surface area contributed by atoms with E-state index in [4.69, 9.17) is 5.84 Å². The number of halogens is 2. The van der Waals surface area contributed by atoms with Gasteiger partial charge in [-0.1, -0.05) is 28.9 Å². The van der Waals surface area contributed by atoms with E-state index in [2.05, 4.69) is 61.4 Å². The van der Waals surface area contributed by atoms with E-state index in [-0.39, 0.29) is 6.04 Å². The number of nitrogens with two attached hydrogens (primary N) is 1. The summed E-state index contributed by atoms with van der Waals surface area (Å²) in [5.74, 6) is 6.59. The molecule has 0 spiro atoms. The van der Waals surface area contributed by atoms with Crippen LogP contribution < -0.4 is 11.3 Å². The van der Waals surface area contributed by atoms with Crippen molar-refractivity contribution in [2.75, 3.05) is 5.75 Å². The van der Waals surface area contributed by atoms with Gasteiger partial charge in [-0.05, 0) is 40.5 Å². The summed E-state index contributed by atoms with van der Waals surface area (Å²) >= 11 is 8.83. The predicted molar refractivity (Wildman–Crippen MR) is 95.1 cm³/mol. The Labute approximate surface area is 146 Å². The third-order valence-electron chi connectivity index (χ3n) is 3.01. The van der Waals surface area contributed by atoms with Crippen LogP contribution >= 0.6 is 43.6 Å². The number of hydrazine groups is 1. The second kappa shape index (κ2) is 8.33. The van der Waals surface area contributed by atoms with Gasteiger partial charge in [0.05, 0.1) is 22.4 Å². The van der Waals surface area contributed by atoms with E-state index < -0.39 is 0 Å². The van der Waals surface area contributed by atoms with Gasteiger partial charge in [0.15, 0.2) is 0 Å². The van der Waals surface area contributed by atoms with E-state index in [0.29, 0.717) is 0 Å². The van der Waals surface area contributed by atoms with Crippen molar-refractivity contribution in [3.63, 3.8) is 0 Å². The normalized spacial score (nSPS) is 12.6. The zero-order valence-electron chi connectivity index (χ0n) is 11.7. The fourth-order valence-corrected chi connectivity index (χ4v) is 4.17. The van der Waals surface area contributed by atoms with Gasteiger partial charge in [-0.3, -0.25) is 16.0 Å². The van der Waals surface area contributed by atoms with Crippen LogP contribution in [0.25, 0.3) is 0 Å². The van der Waals surface area contributed by atoms with Crippen molar-refractivity contribution >= 4 is 43.6 Å². The summed E-state index contributed by atoms with van der Waals surface area (Å²) in [6.07, 6.45) is 2.87. The molecule has 1 aromatic heterocycles. The molecule has 0 aliphatic rings. The maximum atomic E-state index is 5.76. The van der Waals surface area contributed by atoms with Gasteiger partial charge in [0.1, 0.15) is 0 Å². The molecule has 0 amide bonds. The summed E-state index contributed by atoms with van der Waals surface area (Å²) in [6.45, 7) is 3.03. The Morgan fingerprint density at radius 1 is 1.43 bits per heavy atom. The van der Waals surface area contributed by atoms with Crippen LogP contribution in [0, 0.1) is 0 Å². The molecule has 0 saturated carbocycles. The summed E-state index contributed by atoms with van der Waals surface area (Å²) in [7, 11) is 0. The fraction of sp³-hybridized carbons (Fsp3) is 0.357. The highest BCUT2D eigenvalue weighted by molar-refractivity contribution is 9.10. The molecule has 0 aliphatic heterocycles. The Balaban J connectivity index is 2.11. The van der Waals surface area contributed by atoms with E-state index in [1.807, 2.05) is 23.0 Å². The van der Waals surface area contributed by atoms with Crippen LogP contribution in [0.15, 0.2) is 44.3 Å². The van der Waals surface area contributed by atoms with Gasteiger partial charge in [-0.15, -0.1) is 11.8 Å². The molecule has 0 radical (unpaired) electrons. The molecule has 0 saturated heterocycles. The molecule has 21 heavy (non-hydrogen) atoms. The first-order valence-corrected chi connectivity index (χ1v) is 9.28. The second-order valence-electron chi connectivity index (χ2n) is 4.59. The van der Waals surface area contributed by atoms with E-state index >= 15 is 0 Å². The van der Waals surface area contributed by atoms with Crippen molar-refractivity contribution in [2.45, 2.75) is 30.8 Å². The van der Waals surface area contributed by atoms with Crippen molar-refractivity contribution < 1.29 is 0 Å². The molecule has 1 heterocycles. The number of aromatic nitrogens is 2. The van der Waals surface area contributed by atoms with Crippen LogP contribution in [0.3, 0.4) is 0 Å². The summed E-state index contributed by atoms with van der Waals surface area (Å²) in [6, 6.07) is 8.31. The Bertz CT molecular complexity index is 588. The van der Waals surface area contributed by atoms with Crippen LogP contribution in [0.4, 0.5) is 0 Å². The van der Waals surface area contributed by atoms with Crippen LogP contribution in [0.2, 0.25) is 0 Å². The molecule has 2 aromatic rings. The van der Waals surface area contributed by atoms with Crippen LogP contribution in [-0.2, 0) is 6.54 Å². The van der Waals surface area contributed by atoms with Crippen molar-refractivity contribution in [3.05, 3.63) is 45.1 Å². The highest BCUT2D eigenvalue weighted by Gasteiger charge is 2.19. The Kier molecular flexibility index (Phi) is 6.75. The summed E-state index contributed by atoms with van der Waals surface area (Å²) in [5, 5.41) is 4.40. The first-order chi connectivity index (χ1) is 10.2. The van der Waals surface area contributed by atoms with Gasteiger partial charge in [-0.2, -0.15) is 5.10 Å². The fourth-order valence-electron chi connectivity index (χ4n) is 2.05. The molecule has 0 fully saturated rings. The molecule has 1 aromatic carbocycles. The number of benzene rings is 1. The Morgan fingerprint density at radius 2 is 2.24 bits per heavy atom. The number of hydrogen-bond acceptors (Lipinski definition) is 4. The molecule has 0 aliphatic carbocycles. The Morgan fingerprint density at radius 3 is 2.90 bits per heavy atom. The van der Waals surface area contributed by atoms with Crippen molar-refractivity contribution in [3.8, 4) is 0 Å². The largest absolute Gasteiger partial charge is 0.271 e. The molecular formula is C14H18Br2N4S. The van der Waals surface area contributed by atoms with Crippen LogP contribution in [-0.4, -0.2) is 15.5 Å². The number of nitrogens with zero attached hydrogens (tertiary/aromatic N) is 2. The smallest absolute Gasteiger partial charge is 0.0734 e. The lowest BCUT2D eigenvalue weighted by Gasteiger charge is -2.18.